The Morgan fingerprint density at radius 3 is 2.75 bits per heavy atom. The average molecular weight is 252 g/mol. The molecule has 1 saturated carbocycles. The van der Waals surface area contributed by atoms with Gasteiger partial charge in [0.15, 0.2) is 0 Å². The van der Waals surface area contributed by atoms with Crippen molar-refractivity contribution in [3.8, 4) is 0 Å². The number of carbonyl (C=O) groups excluding carboxylic acids is 1. The smallest absolute Gasteiger partial charge is 0.421 e. The van der Waals surface area contributed by atoms with Gasteiger partial charge in [0.05, 0.1) is 7.11 Å². The lowest BCUT2D eigenvalue weighted by Gasteiger charge is -2.18. The fraction of sp³-hybridized carbons (Fsp3) is 0.875. The summed E-state index contributed by atoms with van der Waals surface area (Å²) in [7, 11) is -2.82. The molecule has 1 fully saturated rings. The Morgan fingerprint density at radius 1 is 1.50 bits per heavy atom. The van der Waals surface area contributed by atoms with E-state index < -0.39 is 16.3 Å². The van der Waals surface area contributed by atoms with E-state index in [4.69, 9.17) is 5.11 Å². The predicted octanol–water partition coefficient (Wildman–Crippen LogP) is -0.662. The van der Waals surface area contributed by atoms with E-state index in [1.807, 2.05) is 0 Å². The molecule has 2 atom stereocenters. The zero-order valence-electron chi connectivity index (χ0n) is 8.97. The zero-order chi connectivity index (χ0) is 12.2. The molecule has 16 heavy (non-hydrogen) atoms. The molecular weight excluding hydrogens is 236 g/mol. The number of carbonyl (C=O) groups is 1. The van der Waals surface area contributed by atoms with Crippen molar-refractivity contribution in [2.45, 2.75) is 25.3 Å². The molecule has 0 bridgehead atoms. The number of methoxy groups -OCH3 is 1. The second kappa shape index (κ2) is 5.46. The van der Waals surface area contributed by atoms with Crippen molar-refractivity contribution in [1.82, 2.24) is 9.44 Å². The van der Waals surface area contributed by atoms with Gasteiger partial charge in [-0.25, -0.2) is 9.52 Å². The highest BCUT2D eigenvalue weighted by Gasteiger charge is 2.30. The third-order valence-electron chi connectivity index (χ3n) is 2.60. The number of hydrogen-bond acceptors (Lipinski definition) is 5. The van der Waals surface area contributed by atoms with Crippen LogP contribution in [0.1, 0.15) is 19.3 Å². The van der Waals surface area contributed by atoms with E-state index in [1.165, 1.54) is 0 Å². The first-order valence-electron chi connectivity index (χ1n) is 4.97. The van der Waals surface area contributed by atoms with E-state index in [2.05, 4.69) is 9.46 Å². The molecule has 1 amide bonds. The quantitative estimate of drug-likeness (QED) is 0.616. The lowest BCUT2D eigenvalue weighted by molar-refractivity contribution is 0.177. The van der Waals surface area contributed by atoms with Crippen LogP contribution < -0.4 is 9.44 Å². The van der Waals surface area contributed by atoms with Gasteiger partial charge in [-0.15, -0.1) is 0 Å². The third-order valence-corrected chi connectivity index (χ3v) is 3.65. The Morgan fingerprint density at radius 2 is 2.19 bits per heavy atom. The van der Waals surface area contributed by atoms with E-state index in [0.717, 1.165) is 20.0 Å². The van der Waals surface area contributed by atoms with Crippen LogP contribution in [-0.4, -0.2) is 39.4 Å². The number of aliphatic hydroxyl groups excluding tert-OH is 1. The number of amides is 1. The van der Waals surface area contributed by atoms with Gasteiger partial charge in [-0.1, -0.05) is 6.42 Å². The van der Waals surface area contributed by atoms with Crippen molar-refractivity contribution in [1.29, 1.82) is 0 Å². The van der Waals surface area contributed by atoms with Gasteiger partial charge in [0.1, 0.15) is 0 Å². The molecule has 0 aromatic carbocycles. The molecular formula is C8H16N2O5S. The maximum atomic E-state index is 11.4. The Labute approximate surface area is 94.4 Å². The molecule has 0 spiro atoms. The van der Waals surface area contributed by atoms with Crippen LogP contribution in [-0.2, 0) is 14.9 Å². The largest absolute Gasteiger partial charge is 0.452 e. The topological polar surface area (TPSA) is 105 Å². The van der Waals surface area contributed by atoms with Gasteiger partial charge in [0.25, 0.3) is 0 Å². The van der Waals surface area contributed by atoms with Crippen LogP contribution in [0.15, 0.2) is 0 Å². The summed E-state index contributed by atoms with van der Waals surface area (Å²) in [6.07, 6.45) is 1.26. The molecule has 0 saturated heterocycles. The molecule has 7 nitrogen and oxygen atoms in total. The van der Waals surface area contributed by atoms with E-state index in [-0.39, 0.29) is 18.6 Å². The summed E-state index contributed by atoms with van der Waals surface area (Å²) < 4.78 is 31.0. The van der Waals surface area contributed by atoms with Gasteiger partial charge in [-0.3, -0.25) is 0 Å². The summed E-state index contributed by atoms with van der Waals surface area (Å²) in [4.78, 5) is 10.8. The molecule has 0 heterocycles. The Balaban J connectivity index is 2.55. The monoisotopic (exact) mass is 252 g/mol. The van der Waals surface area contributed by atoms with Crippen molar-refractivity contribution in [2.24, 2.45) is 5.92 Å². The maximum absolute atomic E-state index is 11.4. The molecule has 1 aliphatic rings. The molecule has 0 aromatic heterocycles. The van der Waals surface area contributed by atoms with Crippen LogP contribution in [0.5, 0.6) is 0 Å². The number of rotatable bonds is 4. The van der Waals surface area contributed by atoms with E-state index in [1.54, 1.807) is 4.72 Å². The first-order chi connectivity index (χ1) is 7.48. The first-order valence-corrected chi connectivity index (χ1v) is 6.45. The Hall–Kier alpha value is -0.860. The second-order valence-electron chi connectivity index (χ2n) is 3.69. The van der Waals surface area contributed by atoms with Gasteiger partial charge >= 0.3 is 16.3 Å². The molecule has 1 rings (SSSR count). The molecule has 0 aromatic rings. The van der Waals surface area contributed by atoms with Gasteiger partial charge < -0.3 is 9.84 Å². The lowest BCUT2D eigenvalue weighted by atomic mass is 10.1. The van der Waals surface area contributed by atoms with Gasteiger partial charge in [0.2, 0.25) is 0 Å². The highest BCUT2D eigenvalue weighted by molar-refractivity contribution is 7.88. The van der Waals surface area contributed by atoms with Crippen LogP contribution in [0.3, 0.4) is 0 Å². The van der Waals surface area contributed by atoms with Crippen LogP contribution in [0, 0.1) is 5.92 Å². The third kappa shape index (κ3) is 3.62. The van der Waals surface area contributed by atoms with Crippen molar-refractivity contribution >= 4 is 16.3 Å². The number of hydrogen-bond donors (Lipinski definition) is 3. The van der Waals surface area contributed by atoms with Crippen molar-refractivity contribution < 1.29 is 23.1 Å². The second-order valence-corrected chi connectivity index (χ2v) is 5.14. The normalized spacial score (nSPS) is 25.4. The Bertz CT molecular complexity index is 342. The fourth-order valence-corrected chi connectivity index (χ4v) is 2.86. The summed E-state index contributed by atoms with van der Waals surface area (Å²) in [5, 5.41) is 9.01. The molecule has 3 N–H and O–H groups in total. The summed E-state index contributed by atoms with van der Waals surface area (Å²) >= 11 is 0. The van der Waals surface area contributed by atoms with E-state index >= 15 is 0 Å². The summed E-state index contributed by atoms with van der Waals surface area (Å²) in [6, 6.07) is -0.327. The lowest BCUT2D eigenvalue weighted by Crippen LogP contribution is -2.46. The number of nitrogens with one attached hydrogen (secondary N) is 2. The van der Waals surface area contributed by atoms with Crippen LogP contribution in [0.4, 0.5) is 4.79 Å². The standard InChI is InChI=1S/C8H16N2O5S/c1-15-8(12)10-16(13,14)9-7-4-2-3-6(7)5-11/h6-7,9,11H,2-5H2,1H3,(H,10,12). The summed E-state index contributed by atoms with van der Waals surface area (Å²) in [6.45, 7) is -0.0641. The van der Waals surface area contributed by atoms with Crippen molar-refractivity contribution in [3.05, 3.63) is 0 Å². The predicted molar refractivity (Wildman–Crippen MR) is 55.8 cm³/mol. The number of ether oxygens (including phenoxy) is 1. The first kappa shape index (κ1) is 13.2. The molecule has 1 aliphatic carbocycles. The molecule has 2 unspecified atom stereocenters. The van der Waals surface area contributed by atoms with Crippen LogP contribution in [0.2, 0.25) is 0 Å². The highest BCUT2D eigenvalue weighted by atomic mass is 32.2. The average Bonchev–Trinajstić information content (AvgIpc) is 2.63. The minimum absolute atomic E-state index is 0.0641. The zero-order valence-corrected chi connectivity index (χ0v) is 9.79. The molecule has 8 heteroatoms. The Kier molecular flexibility index (Phi) is 4.51. The SMILES string of the molecule is COC(=O)NS(=O)(=O)NC1CCCC1CO. The van der Waals surface area contributed by atoms with E-state index in [9.17, 15) is 13.2 Å². The molecule has 0 aliphatic heterocycles. The van der Waals surface area contributed by atoms with Gasteiger partial charge in [-0.2, -0.15) is 13.1 Å². The molecule has 0 radical (unpaired) electrons. The minimum Gasteiger partial charge on any atom is -0.452 e. The summed E-state index contributed by atoms with van der Waals surface area (Å²) in [5.41, 5.74) is 0. The van der Waals surface area contributed by atoms with Gasteiger partial charge in [0, 0.05) is 12.6 Å². The molecule has 94 valence electrons. The minimum atomic E-state index is -3.90. The van der Waals surface area contributed by atoms with Crippen molar-refractivity contribution in [2.75, 3.05) is 13.7 Å². The highest BCUT2D eigenvalue weighted by Crippen LogP contribution is 2.25. The summed E-state index contributed by atoms with van der Waals surface area (Å²) in [5.74, 6) is -0.0887. The van der Waals surface area contributed by atoms with E-state index in [0.29, 0.717) is 6.42 Å². The number of aliphatic hydroxyl groups is 1. The van der Waals surface area contributed by atoms with Crippen molar-refractivity contribution in [3.63, 3.8) is 0 Å². The fourth-order valence-electron chi connectivity index (χ4n) is 1.79. The van der Waals surface area contributed by atoms with Crippen LogP contribution >= 0.6 is 0 Å². The maximum Gasteiger partial charge on any atom is 0.421 e. The van der Waals surface area contributed by atoms with Gasteiger partial charge in [-0.05, 0) is 18.8 Å². The van der Waals surface area contributed by atoms with Crippen LogP contribution in [0.25, 0.3) is 0 Å².